The van der Waals surface area contributed by atoms with E-state index in [-0.39, 0.29) is 0 Å². The molecule has 0 radical (unpaired) electrons. The van der Waals surface area contributed by atoms with Crippen molar-refractivity contribution in [2.24, 2.45) is 0 Å². The molecule has 1 aromatic heterocycles. The molecule has 0 unspecified atom stereocenters. The van der Waals surface area contributed by atoms with Crippen LogP contribution in [-0.4, -0.2) is 20.2 Å². The fourth-order valence-electron chi connectivity index (χ4n) is 0.753. The molecule has 0 amide bonds. The van der Waals surface area contributed by atoms with E-state index in [1.807, 2.05) is 13.8 Å². The third-order valence-electron chi connectivity index (χ3n) is 1.46. The van der Waals surface area contributed by atoms with Gasteiger partial charge in [0.1, 0.15) is 5.82 Å². The summed E-state index contributed by atoms with van der Waals surface area (Å²) in [6.07, 6.45) is 0.936. The Morgan fingerprint density at radius 1 is 1.64 bits per heavy atom. The van der Waals surface area contributed by atoms with Crippen LogP contribution in [0.15, 0.2) is 12.2 Å². The Morgan fingerprint density at radius 2 is 2.36 bits per heavy atom. The van der Waals surface area contributed by atoms with Crippen LogP contribution >= 0.6 is 0 Å². The fraction of sp³-hybridized carbons (Fsp3) is 0.571. The average molecular weight is 152 g/mol. The van der Waals surface area contributed by atoms with Crippen LogP contribution in [0.1, 0.15) is 19.2 Å². The molecule has 0 N–H and O–H groups in total. The van der Waals surface area contributed by atoms with Crippen LogP contribution < -0.4 is 0 Å². The first-order valence-electron chi connectivity index (χ1n) is 3.57. The highest BCUT2D eigenvalue weighted by Crippen LogP contribution is 1.98. The van der Waals surface area contributed by atoms with Gasteiger partial charge in [0, 0.05) is 6.54 Å². The van der Waals surface area contributed by atoms with Crippen LogP contribution in [0.5, 0.6) is 0 Å². The maximum absolute atomic E-state index is 3.80. The van der Waals surface area contributed by atoms with Gasteiger partial charge in [-0.25, -0.2) is 4.68 Å². The van der Waals surface area contributed by atoms with Gasteiger partial charge in [-0.1, -0.05) is 5.57 Å². The summed E-state index contributed by atoms with van der Waals surface area (Å²) in [5, 5.41) is 11.1. The molecule has 4 nitrogen and oxygen atoms in total. The predicted molar refractivity (Wildman–Crippen MR) is 42.0 cm³/mol. The van der Waals surface area contributed by atoms with E-state index < -0.39 is 0 Å². The van der Waals surface area contributed by atoms with Crippen LogP contribution in [0, 0.1) is 6.92 Å². The summed E-state index contributed by atoms with van der Waals surface area (Å²) in [6, 6.07) is 0. The number of aryl methyl sites for hydroxylation is 2. The maximum atomic E-state index is 3.80. The second-order valence-electron chi connectivity index (χ2n) is 2.66. The van der Waals surface area contributed by atoms with E-state index in [4.69, 9.17) is 0 Å². The van der Waals surface area contributed by atoms with Crippen molar-refractivity contribution in [1.29, 1.82) is 0 Å². The van der Waals surface area contributed by atoms with Gasteiger partial charge in [-0.05, 0) is 30.7 Å². The number of aromatic nitrogens is 4. The Kier molecular flexibility index (Phi) is 2.36. The molecule has 0 bridgehead atoms. The van der Waals surface area contributed by atoms with Crippen molar-refractivity contribution in [2.75, 3.05) is 0 Å². The Morgan fingerprint density at radius 3 is 2.82 bits per heavy atom. The Bertz CT molecular complexity index is 251. The summed E-state index contributed by atoms with van der Waals surface area (Å²) >= 11 is 0. The molecule has 11 heavy (non-hydrogen) atoms. The Labute approximate surface area is 65.9 Å². The number of allylic oxidation sites excluding steroid dienone is 1. The van der Waals surface area contributed by atoms with E-state index in [0.29, 0.717) is 0 Å². The lowest BCUT2D eigenvalue weighted by molar-refractivity contribution is 0.574. The molecular formula is C7H12N4. The quantitative estimate of drug-likeness (QED) is 0.605. The molecular weight excluding hydrogens is 140 g/mol. The Hall–Kier alpha value is -1.19. The van der Waals surface area contributed by atoms with Crippen LogP contribution in [0.2, 0.25) is 0 Å². The van der Waals surface area contributed by atoms with Gasteiger partial charge in [-0.3, -0.25) is 0 Å². The van der Waals surface area contributed by atoms with Crippen molar-refractivity contribution in [1.82, 2.24) is 20.2 Å². The zero-order valence-corrected chi connectivity index (χ0v) is 6.91. The maximum Gasteiger partial charge on any atom is 0.148 e. The topological polar surface area (TPSA) is 43.6 Å². The molecule has 0 atom stereocenters. The van der Waals surface area contributed by atoms with E-state index in [1.165, 1.54) is 0 Å². The highest BCUT2D eigenvalue weighted by Gasteiger charge is 1.97. The minimum absolute atomic E-state index is 0.828. The lowest BCUT2D eigenvalue weighted by Crippen LogP contribution is -2.02. The van der Waals surface area contributed by atoms with E-state index in [9.17, 15) is 0 Å². The molecule has 0 aromatic carbocycles. The highest BCUT2D eigenvalue weighted by atomic mass is 15.5. The molecule has 0 aliphatic carbocycles. The van der Waals surface area contributed by atoms with Crippen LogP contribution in [0.4, 0.5) is 0 Å². The summed E-state index contributed by atoms with van der Waals surface area (Å²) in [5.74, 6) is 0.853. The monoisotopic (exact) mass is 152 g/mol. The predicted octanol–water partition coefficient (Wildman–Crippen LogP) is 0.948. The Balaban J connectivity index is 2.51. The third kappa shape index (κ3) is 2.14. The lowest BCUT2D eigenvalue weighted by Gasteiger charge is -1.99. The van der Waals surface area contributed by atoms with Gasteiger partial charge in [-0.15, -0.1) is 11.7 Å². The van der Waals surface area contributed by atoms with Gasteiger partial charge >= 0.3 is 0 Å². The number of hydrogen-bond acceptors (Lipinski definition) is 3. The van der Waals surface area contributed by atoms with Gasteiger partial charge in [0.05, 0.1) is 0 Å². The first kappa shape index (κ1) is 7.91. The first-order chi connectivity index (χ1) is 5.20. The van der Waals surface area contributed by atoms with E-state index in [1.54, 1.807) is 4.68 Å². The number of nitrogens with zero attached hydrogens (tertiary/aromatic N) is 4. The molecule has 0 saturated heterocycles. The molecule has 0 spiro atoms. The first-order valence-corrected chi connectivity index (χ1v) is 3.57. The second-order valence-corrected chi connectivity index (χ2v) is 2.66. The normalized spacial score (nSPS) is 10.0. The molecule has 0 saturated carbocycles. The number of hydrogen-bond donors (Lipinski definition) is 0. The van der Waals surface area contributed by atoms with Crippen molar-refractivity contribution in [3.63, 3.8) is 0 Å². The van der Waals surface area contributed by atoms with Gasteiger partial charge in [0.25, 0.3) is 0 Å². The molecule has 1 heterocycles. The third-order valence-corrected chi connectivity index (χ3v) is 1.46. The summed E-state index contributed by atoms with van der Waals surface area (Å²) in [5.41, 5.74) is 1.15. The summed E-state index contributed by atoms with van der Waals surface area (Å²) < 4.78 is 1.77. The van der Waals surface area contributed by atoms with Crippen LogP contribution in [0.25, 0.3) is 0 Å². The van der Waals surface area contributed by atoms with Gasteiger partial charge in [0.15, 0.2) is 0 Å². The molecule has 0 fully saturated rings. The summed E-state index contributed by atoms with van der Waals surface area (Å²) in [7, 11) is 0. The fourth-order valence-corrected chi connectivity index (χ4v) is 0.753. The average Bonchev–Trinajstić information content (AvgIpc) is 2.31. The molecule has 1 aromatic rings. The zero-order valence-electron chi connectivity index (χ0n) is 6.91. The minimum Gasteiger partial charge on any atom is -0.230 e. The molecule has 0 aliphatic heterocycles. The van der Waals surface area contributed by atoms with Gasteiger partial charge in [-0.2, -0.15) is 0 Å². The van der Waals surface area contributed by atoms with Crippen LogP contribution in [0.3, 0.4) is 0 Å². The van der Waals surface area contributed by atoms with Gasteiger partial charge in [0.2, 0.25) is 0 Å². The van der Waals surface area contributed by atoms with E-state index in [0.717, 1.165) is 24.4 Å². The molecule has 4 heteroatoms. The molecule has 60 valence electrons. The minimum atomic E-state index is 0.828. The van der Waals surface area contributed by atoms with Crippen molar-refractivity contribution >= 4 is 0 Å². The SMILES string of the molecule is C=C(C)CCn1nnnc1C. The lowest BCUT2D eigenvalue weighted by atomic mass is 10.2. The van der Waals surface area contributed by atoms with Crippen LogP contribution in [-0.2, 0) is 6.54 Å². The zero-order chi connectivity index (χ0) is 8.27. The largest absolute Gasteiger partial charge is 0.230 e. The molecule has 1 rings (SSSR count). The summed E-state index contributed by atoms with van der Waals surface area (Å²) in [6.45, 7) is 8.52. The smallest absolute Gasteiger partial charge is 0.148 e. The summed E-state index contributed by atoms with van der Waals surface area (Å²) in [4.78, 5) is 0. The standard InChI is InChI=1S/C7H12N4/c1-6(2)4-5-11-7(3)8-9-10-11/h1,4-5H2,2-3H3. The highest BCUT2D eigenvalue weighted by molar-refractivity contribution is 4.88. The van der Waals surface area contributed by atoms with Crippen molar-refractivity contribution in [3.05, 3.63) is 18.0 Å². The van der Waals surface area contributed by atoms with Gasteiger partial charge < -0.3 is 0 Å². The van der Waals surface area contributed by atoms with Crippen molar-refractivity contribution in [3.8, 4) is 0 Å². The number of tetrazole rings is 1. The van der Waals surface area contributed by atoms with E-state index >= 15 is 0 Å². The van der Waals surface area contributed by atoms with Crippen molar-refractivity contribution in [2.45, 2.75) is 26.8 Å². The second kappa shape index (κ2) is 3.27. The van der Waals surface area contributed by atoms with Crippen molar-refractivity contribution < 1.29 is 0 Å². The van der Waals surface area contributed by atoms with E-state index in [2.05, 4.69) is 22.1 Å². The molecule has 0 aliphatic rings. The number of rotatable bonds is 3.